The van der Waals surface area contributed by atoms with Crippen molar-refractivity contribution in [2.24, 2.45) is 5.92 Å². The molecule has 0 radical (unpaired) electrons. The van der Waals surface area contributed by atoms with Crippen LogP contribution >= 0.6 is 11.3 Å². The van der Waals surface area contributed by atoms with E-state index in [1.807, 2.05) is 0 Å². The van der Waals surface area contributed by atoms with Crippen LogP contribution in [0.3, 0.4) is 0 Å². The normalized spacial score (nSPS) is 15.0. The van der Waals surface area contributed by atoms with Crippen molar-refractivity contribution in [1.29, 1.82) is 0 Å². The van der Waals surface area contributed by atoms with E-state index in [0.717, 1.165) is 16.9 Å². The number of anilines is 1. The van der Waals surface area contributed by atoms with Crippen LogP contribution < -0.4 is 20.1 Å². The number of amides is 3. The standard InChI is InChI=1S/C24H22FN5O5S/c25-16-3-1-14(2-4-16)12-26-20(31)15-7-9-30(10-8-15)24(33)23-29-28-22(36-23)21(32)27-17-5-6-18-19(11-17)35-13-34-18/h1-6,11,15H,7-10,12-13H2,(H,26,31)(H,27,32). The van der Waals surface area contributed by atoms with E-state index in [1.54, 1.807) is 35.2 Å². The number of carbonyl (C=O) groups excluding carboxylic acids is 3. The zero-order chi connectivity index (χ0) is 25.1. The molecule has 0 bridgehead atoms. The summed E-state index contributed by atoms with van der Waals surface area (Å²) in [6.07, 6.45) is 1.02. The molecule has 5 rings (SSSR count). The second-order valence-electron chi connectivity index (χ2n) is 8.35. The third-order valence-electron chi connectivity index (χ3n) is 5.97. The number of likely N-dealkylation sites (tertiary alicyclic amines) is 1. The first-order chi connectivity index (χ1) is 17.5. The first-order valence-corrected chi connectivity index (χ1v) is 12.1. The van der Waals surface area contributed by atoms with Gasteiger partial charge >= 0.3 is 0 Å². The maximum Gasteiger partial charge on any atom is 0.286 e. The lowest BCUT2D eigenvalue weighted by Gasteiger charge is -2.30. The van der Waals surface area contributed by atoms with Crippen LogP contribution in [0.2, 0.25) is 0 Å². The minimum Gasteiger partial charge on any atom is -0.454 e. The Balaban J connectivity index is 1.11. The van der Waals surface area contributed by atoms with Crippen molar-refractivity contribution in [3.63, 3.8) is 0 Å². The first-order valence-electron chi connectivity index (χ1n) is 11.3. The summed E-state index contributed by atoms with van der Waals surface area (Å²) in [7, 11) is 0. The van der Waals surface area contributed by atoms with Crippen LogP contribution in [0.5, 0.6) is 11.5 Å². The van der Waals surface area contributed by atoms with Gasteiger partial charge in [0.2, 0.25) is 22.7 Å². The molecule has 12 heteroatoms. The number of benzene rings is 2. The number of piperidine rings is 1. The average Bonchev–Trinajstić information content (AvgIpc) is 3.58. The number of hydrogen-bond acceptors (Lipinski definition) is 8. The lowest BCUT2D eigenvalue weighted by molar-refractivity contribution is -0.126. The third kappa shape index (κ3) is 5.28. The summed E-state index contributed by atoms with van der Waals surface area (Å²) in [5.41, 5.74) is 1.32. The van der Waals surface area contributed by atoms with E-state index in [4.69, 9.17) is 9.47 Å². The molecule has 3 amide bonds. The van der Waals surface area contributed by atoms with E-state index < -0.39 is 5.91 Å². The van der Waals surface area contributed by atoms with Gasteiger partial charge in [-0.3, -0.25) is 14.4 Å². The molecule has 10 nitrogen and oxygen atoms in total. The monoisotopic (exact) mass is 511 g/mol. The second-order valence-corrected chi connectivity index (χ2v) is 9.32. The molecule has 2 aliphatic heterocycles. The Bertz CT molecular complexity index is 1290. The summed E-state index contributed by atoms with van der Waals surface area (Å²) < 4.78 is 23.6. The smallest absolute Gasteiger partial charge is 0.286 e. The van der Waals surface area contributed by atoms with Gasteiger partial charge in [-0.25, -0.2) is 4.39 Å². The zero-order valence-electron chi connectivity index (χ0n) is 19.0. The molecule has 186 valence electrons. The van der Waals surface area contributed by atoms with E-state index in [2.05, 4.69) is 20.8 Å². The zero-order valence-corrected chi connectivity index (χ0v) is 19.8. The SMILES string of the molecule is O=C(Nc1ccc2c(c1)OCO2)c1nnc(C(=O)N2CCC(C(=O)NCc3ccc(F)cc3)CC2)s1. The highest BCUT2D eigenvalue weighted by Crippen LogP contribution is 2.34. The van der Waals surface area contributed by atoms with E-state index >= 15 is 0 Å². The number of aromatic nitrogens is 2. The minimum atomic E-state index is -0.484. The van der Waals surface area contributed by atoms with Crippen molar-refractivity contribution in [2.45, 2.75) is 19.4 Å². The van der Waals surface area contributed by atoms with Crippen molar-refractivity contribution in [2.75, 3.05) is 25.2 Å². The molecule has 0 atom stereocenters. The van der Waals surface area contributed by atoms with E-state index in [0.29, 0.717) is 49.7 Å². The van der Waals surface area contributed by atoms with Gasteiger partial charge in [0.15, 0.2) is 11.5 Å². The lowest BCUT2D eigenvalue weighted by atomic mass is 9.96. The Hall–Kier alpha value is -4.06. The Morgan fingerprint density at radius 1 is 1.00 bits per heavy atom. The number of fused-ring (bicyclic) bond motifs is 1. The predicted molar refractivity (Wildman–Crippen MR) is 127 cm³/mol. The maximum absolute atomic E-state index is 13.0. The molecular formula is C24H22FN5O5S. The van der Waals surface area contributed by atoms with Crippen LogP contribution in [0.4, 0.5) is 10.1 Å². The molecule has 0 aliphatic carbocycles. The molecule has 1 saturated heterocycles. The molecular weight excluding hydrogens is 489 g/mol. The second kappa shape index (κ2) is 10.3. The summed E-state index contributed by atoms with van der Waals surface area (Å²) in [4.78, 5) is 39.6. The average molecular weight is 512 g/mol. The number of halogens is 1. The maximum atomic E-state index is 13.0. The van der Waals surface area contributed by atoms with Gasteiger partial charge < -0.3 is 25.0 Å². The van der Waals surface area contributed by atoms with Gasteiger partial charge in [0.25, 0.3) is 11.8 Å². The topological polar surface area (TPSA) is 123 Å². The predicted octanol–water partition coefficient (Wildman–Crippen LogP) is 2.83. The van der Waals surface area contributed by atoms with E-state index in [1.165, 1.54) is 12.1 Å². The van der Waals surface area contributed by atoms with Gasteiger partial charge in [-0.05, 0) is 42.7 Å². The van der Waals surface area contributed by atoms with Gasteiger partial charge in [0.1, 0.15) is 5.82 Å². The Labute approximate surface area is 209 Å². The molecule has 0 unspecified atom stereocenters. The van der Waals surface area contributed by atoms with Gasteiger partial charge in [-0.15, -0.1) is 10.2 Å². The molecule has 1 aromatic heterocycles. The van der Waals surface area contributed by atoms with Crippen molar-refractivity contribution in [3.8, 4) is 11.5 Å². The fourth-order valence-corrected chi connectivity index (χ4v) is 4.68. The van der Waals surface area contributed by atoms with Crippen molar-refractivity contribution in [3.05, 3.63) is 63.9 Å². The summed E-state index contributed by atoms with van der Waals surface area (Å²) in [6.45, 7) is 1.24. The molecule has 3 aromatic rings. The molecule has 0 spiro atoms. The van der Waals surface area contributed by atoms with Gasteiger partial charge in [-0.1, -0.05) is 23.5 Å². The van der Waals surface area contributed by atoms with Crippen LogP contribution in [0.15, 0.2) is 42.5 Å². The summed E-state index contributed by atoms with van der Waals surface area (Å²) in [6, 6.07) is 11.0. The Morgan fingerprint density at radius 3 is 2.50 bits per heavy atom. The first kappa shape index (κ1) is 23.7. The highest BCUT2D eigenvalue weighted by molar-refractivity contribution is 7.15. The Kier molecular flexibility index (Phi) is 6.76. The largest absolute Gasteiger partial charge is 0.454 e. The molecule has 2 aliphatic rings. The van der Waals surface area contributed by atoms with Crippen LogP contribution in [-0.4, -0.2) is 52.7 Å². The number of hydrogen-bond donors (Lipinski definition) is 2. The summed E-state index contributed by atoms with van der Waals surface area (Å²) >= 11 is 0.914. The number of ether oxygens (including phenoxy) is 2. The molecule has 3 heterocycles. The van der Waals surface area contributed by atoms with E-state index in [9.17, 15) is 18.8 Å². The van der Waals surface area contributed by atoms with Crippen LogP contribution in [0, 0.1) is 11.7 Å². The van der Waals surface area contributed by atoms with Crippen molar-refractivity contribution >= 4 is 34.7 Å². The number of rotatable bonds is 6. The van der Waals surface area contributed by atoms with Crippen LogP contribution in [-0.2, 0) is 11.3 Å². The molecule has 2 N–H and O–H groups in total. The molecule has 36 heavy (non-hydrogen) atoms. The third-order valence-corrected chi connectivity index (χ3v) is 6.88. The Morgan fingerprint density at radius 2 is 1.72 bits per heavy atom. The highest BCUT2D eigenvalue weighted by atomic mass is 32.1. The molecule has 1 fully saturated rings. The number of nitrogens with one attached hydrogen (secondary N) is 2. The van der Waals surface area contributed by atoms with Crippen LogP contribution in [0.25, 0.3) is 0 Å². The molecule has 0 saturated carbocycles. The lowest BCUT2D eigenvalue weighted by Crippen LogP contribution is -2.42. The van der Waals surface area contributed by atoms with Crippen LogP contribution in [0.1, 0.15) is 38.0 Å². The number of carbonyl (C=O) groups is 3. The van der Waals surface area contributed by atoms with E-state index in [-0.39, 0.29) is 40.4 Å². The summed E-state index contributed by atoms with van der Waals surface area (Å²) in [5, 5.41) is 13.5. The number of nitrogens with zero attached hydrogens (tertiary/aromatic N) is 3. The van der Waals surface area contributed by atoms with Crippen molar-refractivity contribution in [1.82, 2.24) is 20.4 Å². The molecule has 2 aromatic carbocycles. The van der Waals surface area contributed by atoms with Gasteiger partial charge in [-0.2, -0.15) is 0 Å². The van der Waals surface area contributed by atoms with Gasteiger partial charge in [0, 0.05) is 37.3 Å². The quantitative estimate of drug-likeness (QED) is 0.522. The highest BCUT2D eigenvalue weighted by Gasteiger charge is 2.30. The summed E-state index contributed by atoms with van der Waals surface area (Å²) in [5.74, 6) is -0.298. The fourth-order valence-electron chi connectivity index (χ4n) is 3.98. The minimum absolute atomic E-state index is 0.0612. The fraction of sp³-hybridized carbons (Fsp3) is 0.292. The van der Waals surface area contributed by atoms with Gasteiger partial charge in [0.05, 0.1) is 0 Å². The van der Waals surface area contributed by atoms with Crippen molar-refractivity contribution < 1.29 is 28.2 Å².